The Morgan fingerprint density at radius 2 is 1.81 bits per heavy atom. The van der Waals surface area contributed by atoms with Crippen molar-refractivity contribution >= 4 is 22.6 Å². The Kier molecular flexibility index (Phi) is 5.56. The lowest BCUT2D eigenvalue weighted by Gasteiger charge is -2.38. The van der Waals surface area contributed by atoms with Crippen LogP contribution in [0.3, 0.4) is 0 Å². The minimum atomic E-state index is 0.207. The van der Waals surface area contributed by atoms with E-state index >= 15 is 0 Å². The average molecular weight is 338 g/mol. The summed E-state index contributed by atoms with van der Waals surface area (Å²) in [5.41, 5.74) is 0.604. The quantitative estimate of drug-likeness (QED) is 0.527. The molecule has 96 valence electrons. The van der Waals surface area contributed by atoms with Crippen molar-refractivity contribution in [3.63, 3.8) is 0 Å². The number of hydrogen-bond acceptors (Lipinski definition) is 1. The van der Waals surface area contributed by atoms with Crippen molar-refractivity contribution in [2.75, 3.05) is 11.0 Å². The maximum Gasteiger partial charge on any atom is 0.0771 e. The van der Waals surface area contributed by atoms with Crippen LogP contribution in [0.2, 0.25) is 0 Å². The van der Waals surface area contributed by atoms with Crippen molar-refractivity contribution < 1.29 is 4.74 Å². The third-order valence-corrected chi connectivity index (χ3v) is 5.08. The summed E-state index contributed by atoms with van der Waals surface area (Å²) >= 11 is 2.50. The van der Waals surface area contributed by atoms with Gasteiger partial charge in [0.1, 0.15) is 0 Å². The molecule has 1 saturated carbocycles. The predicted octanol–water partition coefficient (Wildman–Crippen LogP) is 4.82. The van der Waals surface area contributed by atoms with Gasteiger partial charge in [0.25, 0.3) is 0 Å². The van der Waals surface area contributed by atoms with E-state index in [4.69, 9.17) is 4.74 Å². The van der Waals surface area contributed by atoms with Gasteiger partial charge in [-0.25, -0.2) is 0 Å². The zero-order valence-corrected chi connectivity index (χ0v) is 13.5. The lowest BCUT2D eigenvalue weighted by molar-refractivity contribution is -0.0646. The molecule has 16 heavy (non-hydrogen) atoms. The van der Waals surface area contributed by atoms with Crippen LogP contribution < -0.4 is 0 Å². The molecular weight excluding hydrogens is 311 g/mol. The monoisotopic (exact) mass is 338 g/mol. The Labute approximate surface area is 115 Å². The average Bonchev–Trinajstić information content (AvgIpc) is 2.20. The van der Waals surface area contributed by atoms with Crippen LogP contribution in [0.4, 0.5) is 0 Å². The second-order valence-electron chi connectivity index (χ2n) is 6.66. The molecule has 0 radical (unpaired) electrons. The number of alkyl halides is 1. The highest BCUT2D eigenvalue weighted by atomic mass is 127. The van der Waals surface area contributed by atoms with Gasteiger partial charge < -0.3 is 4.74 Å². The van der Waals surface area contributed by atoms with Crippen LogP contribution in [0.15, 0.2) is 0 Å². The number of ether oxygens (including phenoxy) is 1. The molecule has 2 heteroatoms. The molecule has 1 aliphatic carbocycles. The van der Waals surface area contributed by atoms with Gasteiger partial charge in [0, 0.05) is 11.0 Å². The lowest BCUT2D eigenvalue weighted by atomic mass is 9.80. The standard InChI is InChI=1S/C14H27IO/c1-12-5-7-14(11-15,8-6-12)16-10-9-13(2,3)4/h12H,5-11H2,1-4H3. The topological polar surface area (TPSA) is 9.23 Å². The first kappa shape index (κ1) is 14.7. The molecule has 0 spiro atoms. The van der Waals surface area contributed by atoms with Gasteiger partial charge in [-0.3, -0.25) is 0 Å². The van der Waals surface area contributed by atoms with Crippen molar-refractivity contribution in [2.24, 2.45) is 11.3 Å². The summed E-state index contributed by atoms with van der Waals surface area (Å²) in [6.07, 6.45) is 6.39. The molecule has 1 fully saturated rings. The number of hydrogen-bond donors (Lipinski definition) is 0. The molecule has 0 aromatic heterocycles. The maximum absolute atomic E-state index is 6.24. The summed E-state index contributed by atoms with van der Waals surface area (Å²) in [6.45, 7) is 10.2. The Hall–Kier alpha value is 0.690. The van der Waals surface area contributed by atoms with Gasteiger partial charge in [0.15, 0.2) is 0 Å². The van der Waals surface area contributed by atoms with Crippen LogP contribution in [-0.4, -0.2) is 16.6 Å². The molecule has 0 N–H and O–H groups in total. The van der Waals surface area contributed by atoms with Gasteiger partial charge in [-0.15, -0.1) is 0 Å². The highest BCUT2D eigenvalue weighted by Gasteiger charge is 2.34. The first-order valence-corrected chi connectivity index (χ1v) is 8.09. The summed E-state index contributed by atoms with van der Waals surface area (Å²) in [5.74, 6) is 0.905. The molecule has 0 unspecified atom stereocenters. The third-order valence-electron chi connectivity index (χ3n) is 3.69. The van der Waals surface area contributed by atoms with Crippen molar-refractivity contribution in [3.8, 4) is 0 Å². The van der Waals surface area contributed by atoms with E-state index in [1.54, 1.807) is 0 Å². The molecule has 1 aliphatic rings. The van der Waals surface area contributed by atoms with Gasteiger partial charge in [0.2, 0.25) is 0 Å². The first-order valence-electron chi connectivity index (χ1n) is 6.57. The molecule has 0 bridgehead atoms. The van der Waals surface area contributed by atoms with E-state index in [1.165, 1.54) is 32.1 Å². The van der Waals surface area contributed by atoms with E-state index in [0.29, 0.717) is 5.41 Å². The normalized spacial score (nSPS) is 31.7. The fourth-order valence-electron chi connectivity index (χ4n) is 2.18. The Balaban J connectivity index is 2.36. The second kappa shape index (κ2) is 6.03. The van der Waals surface area contributed by atoms with Crippen LogP contribution in [0, 0.1) is 11.3 Å². The molecule has 0 amide bonds. The van der Waals surface area contributed by atoms with E-state index in [0.717, 1.165) is 17.0 Å². The van der Waals surface area contributed by atoms with Crippen molar-refractivity contribution in [2.45, 2.75) is 65.4 Å². The minimum Gasteiger partial charge on any atom is -0.374 e. The molecular formula is C14H27IO. The summed E-state index contributed by atoms with van der Waals surface area (Å²) in [4.78, 5) is 0. The van der Waals surface area contributed by atoms with Gasteiger partial charge >= 0.3 is 0 Å². The van der Waals surface area contributed by atoms with E-state index < -0.39 is 0 Å². The number of halogens is 1. The molecule has 0 heterocycles. The minimum absolute atomic E-state index is 0.207. The first-order chi connectivity index (χ1) is 7.37. The van der Waals surface area contributed by atoms with E-state index in [1.807, 2.05) is 0 Å². The molecule has 0 saturated heterocycles. The maximum atomic E-state index is 6.24. The third kappa shape index (κ3) is 4.91. The van der Waals surface area contributed by atoms with E-state index in [2.05, 4.69) is 50.3 Å². The van der Waals surface area contributed by atoms with Gasteiger partial charge in [0.05, 0.1) is 5.60 Å². The lowest BCUT2D eigenvalue weighted by Crippen LogP contribution is -2.39. The highest BCUT2D eigenvalue weighted by molar-refractivity contribution is 14.1. The second-order valence-corrected chi connectivity index (χ2v) is 7.42. The Morgan fingerprint density at radius 3 is 2.25 bits per heavy atom. The largest absolute Gasteiger partial charge is 0.374 e. The fraction of sp³-hybridized carbons (Fsp3) is 1.00. The van der Waals surface area contributed by atoms with Crippen molar-refractivity contribution in [3.05, 3.63) is 0 Å². The zero-order valence-electron chi connectivity index (χ0n) is 11.3. The summed E-state index contributed by atoms with van der Waals surface area (Å²) < 4.78 is 7.39. The summed E-state index contributed by atoms with van der Waals surface area (Å²) in [7, 11) is 0. The summed E-state index contributed by atoms with van der Waals surface area (Å²) in [5, 5.41) is 0. The molecule has 1 nitrogen and oxygen atoms in total. The van der Waals surface area contributed by atoms with Crippen LogP contribution in [0.25, 0.3) is 0 Å². The number of rotatable bonds is 4. The van der Waals surface area contributed by atoms with Crippen LogP contribution >= 0.6 is 22.6 Å². The molecule has 0 aliphatic heterocycles. The van der Waals surface area contributed by atoms with Gasteiger partial charge in [-0.2, -0.15) is 0 Å². The SMILES string of the molecule is CC1CCC(CI)(OCCC(C)(C)C)CC1. The Morgan fingerprint density at radius 1 is 1.25 bits per heavy atom. The Bertz CT molecular complexity index is 199. The predicted molar refractivity (Wildman–Crippen MR) is 79.3 cm³/mol. The fourth-order valence-corrected chi connectivity index (χ4v) is 3.16. The highest BCUT2D eigenvalue weighted by Crippen LogP contribution is 2.36. The van der Waals surface area contributed by atoms with Crippen LogP contribution in [0.1, 0.15) is 59.8 Å². The molecule has 0 aromatic carbocycles. The van der Waals surface area contributed by atoms with Crippen LogP contribution in [0.5, 0.6) is 0 Å². The van der Waals surface area contributed by atoms with Gasteiger partial charge in [-0.05, 0) is 43.4 Å². The molecule has 0 atom stereocenters. The summed E-state index contributed by atoms with van der Waals surface area (Å²) in [6, 6.07) is 0. The van der Waals surface area contributed by atoms with Gasteiger partial charge in [-0.1, -0.05) is 50.3 Å². The smallest absolute Gasteiger partial charge is 0.0771 e. The van der Waals surface area contributed by atoms with Crippen molar-refractivity contribution in [1.82, 2.24) is 0 Å². The van der Waals surface area contributed by atoms with Crippen LogP contribution in [-0.2, 0) is 4.74 Å². The van der Waals surface area contributed by atoms with E-state index in [-0.39, 0.29) is 5.60 Å². The zero-order chi connectivity index (χ0) is 12.2. The van der Waals surface area contributed by atoms with E-state index in [9.17, 15) is 0 Å². The molecule has 1 rings (SSSR count). The molecule has 0 aromatic rings. The van der Waals surface area contributed by atoms with Crippen molar-refractivity contribution in [1.29, 1.82) is 0 Å².